The average Bonchev–Trinajstić information content (AvgIpc) is 2.94. The number of hydrogen-bond acceptors (Lipinski definition) is 4. The summed E-state index contributed by atoms with van der Waals surface area (Å²) >= 11 is 1.19. The SMILES string of the molecule is O=c1c2c(c3ccccc3n1-c1ccccc1)Oc1c(c(=O)n(-c3ccccc3)c3ccccc13)S2. The Bertz CT molecular complexity index is 1790. The second-order valence-corrected chi connectivity index (χ2v) is 9.53. The number of rotatable bonds is 2. The maximum Gasteiger partial charge on any atom is 0.273 e. The fraction of sp³-hybridized carbons (Fsp3) is 0. The van der Waals surface area contributed by atoms with Crippen LogP contribution < -0.4 is 15.9 Å². The van der Waals surface area contributed by atoms with Crippen LogP contribution in [0.2, 0.25) is 0 Å². The summed E-state index contributed by atoms with van der Waals surface area (Å²) in [5.41, 5.74) is 2.58. The fourth-order valence-corrected chi connectivity index (χ4v) is 5.89. The van der Waals surface area contributed by atoms with Gasteiger partial charge in [0.05, 0.1) is 11.0 Å². The minimum Gasteiger partial charge on any atom is -0.453 e. The van der Waals surface area contributed by atoms with Gasteiger partial charge >= 0.3 is 0 Å². The lowest BCUT2D eigenvalue weighted by molar-refractivity contribution is 0.460. The third kappa shape index (κ3) is 2.98. The molecule has 2 aromatic heterocycles. The topological polar surface area (TPSA) is 53.2 Å². The van der Waals surface area contributed by atoms with Crippen molar-refractivity contribution in [2.45, 2.75) is 9.79 Å². The van der Waals surface area contributed by atoms with E-state index in [2.05, 4.69) is 0 Å². The van der Waals surface area contributed by atoms with Gasteiger partial charge in [-0.3, -0.25) is 18.7 Å². The highest BCUT2D eigenvalue weighted by Crippen LogP contribution is 2.49. The lowest BCUT2D eigenvalue weighted by Crippen LogP contribution is -2.26. The monoisotopic (exact) mass is 486 g/mol. The van der Waals surface area contributed by atoms with Gasteiger partial charge in [0.25, 0.3) is 11.1 Å². The zero-order valence-corrected chi connectivity index (χ0v) is 19.7. The number of benzene rings is 4. The van der Waals surface area contributed by atoms with Gasteiger partial charge in [-0.2, -0.15) is 0 Å². The highest BCUT2D eigenvalue weighted by molar-refractivity contribution is 7.99. The molecular weight excluding hydrogens is 468 g/mol. The average molecular weight is 487 g/mol. The van der Waals surface area contributed by atoms with E-state index >= 15 is 0 Å². The van der Waals surface area contributed by atoms with E-state index < -0.39 is 0 Å². The standard InChI is InChI=1S/C30H18N2O3S/c33-29-27-25(21-15-7-9-17-23(21)31(29)19-11-3-1-4-12-19)35-26-22-16-8-10-18-24(22)32(30(34)28(26)36-27)20-13-5-2-6-14-20/h1-18H. The highest BCUT2D eigenvalue weighted by atomic mass is 32.2. The molecule has 0 radical (unpaired) electrons. The normalized spacial score (nSPS) is 12.2. The Balaban J connectivity index is 1.56. The van der Waals surface area contributed by atoms with Crippen molar-refractivity contribution in [3.8, 4) is 22.9 Å². The number of aromatic nitrogens is 2. The van der Waals surface area contributed by atoms with E-state index in [-0.39, 0.29) is 11.1 Å². The smallest absolute Gasteiger partial charge is 0.273 e. The van der Waals surface area contributed by atoms with Crippen molar-refractivity contribution in [2.75, 3.05) is 0 Å². The maximum atomic E-state index is 13.9. The van der Waals surface area contributed by atoms with Crippen LogP contribution in [0.1, 0.15) is 0 Å². The van der Waals surface area contributed by atoms with Gasteiger partial charge in [0.15, 0.2) is 11.5 Å². The molecule has 0 saturated carbocycles. The van der Waals surface area contributed by atoms with Crippen molar-refractivity contribution >= 4 is 33.6 Å². The molecule has 1 aliphatic rings. The van der Waals surface area contributed by atoms with Crippen LogP contribution in [0.3, 0.4) is 0 Å². The Labute approximate surface area is 209 Å². The molecule has 172 valence electrons. The summed E-state index contributed by atoms with van der Waals surface area (Å²) in [7, 11) is 0. The number of ether oxygens (including phenoxy) is 1. The van der Waals surface area contributed by atoms with E-state index in [0.717, 1.165) is 33.2 Å². The van der Waals surface area contributed by atoms with Crippen LogP contribution in [0.4, 0.5) is 0 Å². The third-order valence-corrected chi connectivity index (χ3v) is 7.55. The van der Waals surface area contributed by atoms with Crippen molar-refractivity contribution < 1.29 is 4.74 Å². The molecule has 0 saturated heterocycles. The van der Waals surface area contributed by atoms with Gasteiger partial charge in [-0.1, -0.05) is 72.4 Å². The summed E-state index contributed by atoms with van der Waals surface area (Å²) in [4.78, 5) is 28.6. The number of para-hydroxylation sites is 4. The predicted molar refractivity (Wildman–Crippen MR) is 143 cm³/mol. The first-order valence-electron chi connectivity index (χ1n) is 11.5. The molecule has 0 amide bonds. The molecular formula is C30H18N2O3S. The number of nitrogens with zero attached hydrogens (tertiary/aromatic N) is 2. The minimum atomic E-state index is -0.218. The van der Waals surface area contributed by atoms with Crippen LogP contribution in [-0.2, 0) is 0 Å². The second kappa shape index (κ2) is 8.00. The third-order valence-electron chi connectivity index (χ3n) is 6.42. The van der Waals surface area contributed by atoms with E-state index in [1.54, 1.807) is 9.13 Å². The van der Waals surface area contributed by atoms with E-state index in [4.69, 9.17) is 4.74 Å². The maximum absolute atomic E-state index is 13.9. The number of fused-ring (bicyclic) bond motifs is 6. The van der Waals surface area contributed by atoms with Gasteiger partial charge in [0.2, 0.25) is 0 Å². The van der Waals surface area contributed by atoms with Crippen LogP contribution in [0.15, 0.2) is 129 Å². The van der Waals surface area contributed by atoms with E-state index in [1.807, 2.05) is 109 Å². The molecule has 4 aromatic carbocycles. The van der Waals surface area contributed by atoms with Gasteiger partial charge in [-0.25, -0.2) is 0 Å². The van der Waals surface area contributed by atoms with E-state index in [9.17, 15) is 9.59 Å². The summed E-state index contributed by atoms with van der Waals surface area (Å²) in [5, 5.41) is 1.62. The summed E-state index contributed by atoms with van der Waals surface area (Å²) in [6, 6.07) is 34.5. The lowest BCUT2D eigenvalue weighted by Gasteiger charge is -2.25. The molecule has 6 heteroatoms. The van der Waals surface area contributed by atoms with Crippen LogP contribution >= 0.6 is 11.8 Å². The first-order chi connectivity index (χ1) is 17.7. The Kier molecular flexibility index (Phi) is 4.62. The van der Waals surface area contributed by atoms with Gasteiger partial charge in [0.1, 0.15) is 9.79 Å². The Hall–Kier alpha value is -4.55. The molecule has 0 N–H and O–H groups in total. The molecule has 0 aliphatic carbocycles. The first kappa shape index (κ1) is 20.8. The predicted octanol–water partition coefficient (Wildman–Crippen LogP) is 6.55. The largest absolute Gasteiger partial charge is 0.453 e. The summed E-state index contributed by atoms with van der Waals surface area (Å²) < 4.78 is 9.87. The molecule has 1 aliphatic heterocycles. The first-order valence-corrected chi connectivity index (χ1v) is 12.4. The van der Waals surface area contributed by atoms with Gasteiger partial charge in [0, 0.05) is 22.1 Å². The Morgan fingerprint density at radius 2 is 0.889 bits per heavy atom. The van der Waals surface area contributed by atoms with Crippen LogP contribution in [0.25, 0.3) is 33.2 Å². The zero-order valence-electron chi connectivity index (χ0n) is 18.9. The molecule has 0 fully saturated rings. The van der Waals surface area contributed by atoms with Gasteiger partial charge < -0.3 is 4.74 Å². The van der Waals surface area contributed by atoms with Crippen molar-refractivity contribution in [3.05, 3.63) is 130 Å². The molecule has 6 aromatic rings. The zero-order chi connectivity index (χ0) is 24.2. The van der Waals surface area contributed by atoms with Crippen molar-refractivity contribution in [2.24, 2.45) is 0 Å². The second-order valence-electron chi connectivity index (χ2n) is 8.51. The molecule has 5 nitrogen and oxygen atoms in total. The minimum absolute atomic E-state index is 0.218. The highest BCUT2D eigenvalue weighted by Gasteiger charge is 2.30. The molecule has 7 rings (SSSR count). The van der Waals surface area contributed by atoms with Crippen LogP contribution in [0.5, 0.6) is 11.5 Å². The van der Waals surface area contributed by atoms with Crippen LogP contribution in [0, 0.1) is 0 Å². The van der Waals surface area contributed by atoms with Crippen molar-refractivity contribution in [1.29, 1.82) is 0 Å². The molecule has 0 atom stereocenters. The number of hydrogen-bond donors (Lipinski definition) is 0. The fourth-order valence-electron chi connectivity index (χ4n) is 4.84. The molecule has 0 unspecified atom stereocenters. The molecule has 3 heterocycles. The molecule has 36 heavy (non-hydrogen) atoms. The number of pyridine rings is 2. The molecule has 0 spiro atoms. The van der Waals surface area contributed by atoms with E-state index in [1.165, 1.54) is 11.8 Å². The summed E-state index contributed by atoms with van der Waals surface area (Å²) in [6.07, 6.45) is 0. The Morgan fingerprint density at radius 3 is 1.33 bits per heavy atom. The van der Waals surface area contributed by atoms with Crippen molar-refractivity contribution in [1.82, 2.24) is 9.13 Å². The quantitative estimate of drug-likeness (QED) is 0.278. The molecule has 0 bridgehead atoms. The summed E-state index contributed by atoms with van der Waals surface area (Å²) in [6.45, 7) is 0. The van der Waals surface area contributed by atoms with E-state index in [0.29, 0.717) is 21.3 Å². The Morgan fingerprint density at radius 1 is 0.500 bits per heavy atom. The van der Waals surface area contributed by atoms with Crippen LogP contribution in [-0.4, -0.2) is 9.13 Å². The summed E-state index contributed by atoms with van der Waals surface area (Å²) in [5.74, 6) is 0.976. The lowest BCUT2D eigenvalue weighted by atomic mass is 10.1. The van der Waals surface area contributed by atoms with Gasteiger partial charge in [-0.15, -0.1) is 0 Å². The van der Waals surface area contributed by atoms with Crippen molar-refractivity contribution in [3.63, 3.8) is 0 Å². The van der Waals surface area contributed by atoms with Gasteiger partial charge in [-0.05, 0) is 48.5 Å².